The minimum absolute atomic E-state index is 0.167. The van der Waals surface area contributed by atoms with Gasteiger partial charge in [0.2, 0.25) is 0 Å². The molecule has 3 heteroatoms. The van der Waals surface area contributed by atoms with Crippen LogP contribution in [-0.4, -0.2) is 12.0 Å². The Balaban J connectivity index is 2.27. The number of benzene rings is 1. The molecule has 3 nitrogen and oxygen atoms in total. The lowest BCUT2D eigenvalue weighted by molar-refractivity contribution is 0.589. The highest BCUT2D eigenvalue weighted by Gasteiger charge is 2.11. The molecule has 12 heavy (non-hydrogen) atoms. The summed E-state index contributed by atoms with van der Waals surface area (Å²) in [7, 11) is 0. The van der Waals surface area contributed by atoms with Crippen molar-refractivity contribution in [3.8, 4) is 0 Å². The lowest BCUT2D eigenvalue weighted by Gasteiger charge is -2.00. The first-order valence-corrected chi connectivity index (χ1v) is 4.01. The van der Waals surface area contributed by atoms with Crippen LogP contribution in [0.5, 0.6) is 0 Å². The summed E-state index contributed by atoms with van der Waals surface area (Å²) >= 11 is 0. The van der Waals surface area contributed by atoms with Gasteiger partial charge in [-0.2, -0.15) is 0 Å². The number of hydrogen-bond donors (Lipinski definition) is 2. The molecule has 0 amide bonds. The van der Waals surface area contributed by atoms with Gasteiger partial charge in [0.1, 0.15) is 12.0 Å². The van der Waals surface area contributed by atoms with Gasteiger partial charge in [0.25, 0.3) is 0 Å². The van der Waals surface area contributed by atoms with Crippen LogP contribution in [0.2, 0.25) is 0 Å². The van der Waals surface area contributed by atoms with E-state index in [1.165, 1.54) is 0 Å². The minimum Gasteiger partial charge on any atom is -0.304 e. The van der Waals surface area contributed by atoms with E-state index in [2.05, 4.69) is 15.8 Å². The lowest BCUT2D eigenvalue weighted by Crippen LogP contribution is -2.33. The van der Waals surface area contributed by atoms with Crippen LogP contribution < -0.4 is 10.9 Å². The molecule has 1 aromatic rings. The molecule has 0 radical (unpaired) electrons. The molecule has 1 heterocycles. The maximum Gasteiger partial charge on any atom is 0.144 e. The zero-order valence-corrected chi connectivity index (χ0v) is 6.91. The zero-order valence-electron chi connectivity index (χ0n) is 6.91. The molecule has 0 spiro atoms. The van der Waals surface area contributed by atoms with Gasteiger partial charge in [-0.25, -0.2) is 10.4 Å². The fraction of sp³-hybridized carbons (Fsp3) is 0.222. The molecule has 0 fully saturated rings. The summed E-state index contributed by atoms with van der Waals surface area (Å²) in [5.74, 6) is 0.920. The van der Waals surface area contributed by atoms with Crippen LogP contribution >= 0.6 is 0 Å². The Hall–Kier alpha value is -1.35. The summed E-state index contributed by atoms with van der Waals surface area (Å²) in [5, 5.41) is 0. The fourth-order valence-electron chi connectivity index (χ4n) is 1.17. The third kappa shape index (κ3) is 1.31. The van der Waals surface area contributed by atoms with E-state index in [1.54, 1.807) is 0 Å². The first-order chi connectivity index (χ1) is 5.86. The maximum absolute atomic E-state index is 4.35. The van der Waals surface area contributed by atoms with Crippen molar-refractivity contribution in [3.63, 3.8) is 0 Å². The van der Waals surface area contributed by atoms with E-state index in [1.807, 2.05) is 37.3 Å². The Kier molecular flexibility index (Phi) is 1.80. The second kappa shape index (κ2) is 2.95. The van der Waals surface area contributed by atoms with Gasteiger partial charge >= 0.3 is 0 Å². The maximum atomic E-state index is 4.35. The average Bonchev–Trinajstić information content (AvgIpc) is 2.54. The lowest BCUT2D eigenvalue weighted by atomic mass is 10.2. The summed E-state index contributed by atoms with van der Waals surface area (Å²) in [6, 6.07) is 10.1. The van der Waals surface area contributed by atoms with E-state index in [0.29, 0.717) is 0 Å². The van der Waals surface area contributed by atoms with E-state index in [0.717, 1.165) is 11.4 Å². The summed E-state index contributed by atoms with van der Waals surface area (Å²) in [4.78, 5) is 4.35. The summed E-state index contributed by atoms with van der Waals surface area (Å²) in [5.41, 5.74) is 7.16. The van der Waals surface area contributed by atoms with Crippen LogP contribution in [0.15, 0.2) is 35.3 Å². The second-order valence-corrected chi connectivity index (χ2v) is 2.79. The predicted octanol–water partition coefficient (Wildman–Crippen LogP) is 0.887. The van der Waals surface area contributed by atoms with Gasteiger partial charge < -0.3 is 5.43 Å². The first-order valence-electron chi connectivity index (χ1n) is 4.01. The van der Waals surface area contributed by atoms with E-state index in [9.17, 15) is 0 Å². The van der Waals surface area contributed by atoms with Crippen LogP contribution in [0.25, 0.3) is 0 Å². The van der Waals surface area contributed by atoms with Crippen LogP contribution in [0.1, 0.15) is 12.5 Å². The Morgan fingerprint density at radius 3 is 2.58 bits per heavy atom. The van der Waals surface area contributed by atoms with E-state index < -0.39 is 0 Å². The average molecular weight is 161 g/mol. The Bertz CT molecular complexity index is 292. The molecule has 1 aliphatic heterocycles. The largest absolute Gasteiger partial charge is 0.304 e. The van der Waals surface area contributed by atoms with Crippen molar-refractivity contribution in [1.82, 2.24) is 10.9 Å². The number of nitrogens with one attached hydrogen (secondary N) is 2. The highest BCUT2D eigenvalue weighted by molar-refractivity contribution is 5.99. The van der Waals surface area contributed by atoms with Gasteiger partial charge in [0.15, 0.2) is 0 Å². The topological polar surface area (TPSA) is 36.4 Å². The molecule has 0 aromatic heterocycles. The number of hydrogen-bond acceptors (Lipinski definition) is 3. The molecule has 2 N–H and O–H groups in total. The highest BCUT2D eigenvalue weighted by atomic mass is 15.5. The van der Waals surface area contributed by atoms with Crippen molar-refractivity contribution < 1.29 is 0 Å². The fourth-order valence-corrected chi connectivity index (χ4v) is 1.17. The van der Waals surface area contributed by atoms with Crippen LogP contribution in [-0.2, 0) is 0 Å². The minimum atomic E-state index is 0.167. The monoisotopic (exact) mass is 161 g/mol. The van der Waals surface area contributed by atoms with Crippen molar-refractivity contribution in [2.75, 3.05) is 0 Å². The van der Waals surface area contributed by atoms with Crippen LogP contribution in [0.3, 0.4) is 0 Å². The third-order valence-corrected chi connectivity index (χ3v) is 1.77. The summed E-state index contributed by atoms with van der Waals surface area (Å²) < 4.78 is 0. The predicted molar refractivity (Wildman–Crippen MR) is 48.7 cm³/mol. The normalized spacial score (nSPS) is 21.8. The third-order valence-electron chi connectivity index (χ3n) is 1.77. The molecule has 1 aromatic carbocycles. The van der Waals surface area contributed by atoms with Crippen molar-refractivity contribution >= 4 is 5.84 Å². The summed E-state index contributed by atoms with van der Waals surface area (Å²) in [6.07, 6.45) is 0.167. The molecule has 1 unspecified atom stereocenters. The van der Waals surface area contributed by atoms with Crippen LogP contribution in [0.4, 0.5) is 0 Å². The molecule has 0 bridgehead atoms. The molecule has 62 valence electrons. The van der Waals surface area contributed by atoms with Gasteiger partial charge in [-0.1, -0.05) is 30.3 Å². The quantitative estimate of drug-likeness (QED) is 0.641. The van der Waals surface area contributed by atoms with Gasteiger partial charge in [-0.15, -0.1) is 0 Å². The molecular formula is C9H11N3. The Labute approximate surface area is 71.5 Å². The molecule has 2 rings (SSSR count). The van der Waals surface area contributed by atoms with E-state index in [4.69, 9.17) is 0 Å². The molecule has 1 atom stereocenters. The van der Waals surface area contributed by atoms with Gasteiger partial charge in [0, 0.05) is 5.56 Å². The van der Waals surface area contributed by atoms with Gasteiger partial charge in [0.05, 0.1) is 0 Å². The number of rotatable bonds is 1. The van der Waals surface area contributed by atoms with Crippen LogP contribution in [0, 0.1) is 0 Å². The molecule has 0 aliphatic carbocycles. The zero-order chi connectivity index (χ0) is 8.39. The molecule has 0 saturated carbocycles. The van der Waals surface area contributed by atoms with Gasteiger partial charge in [-0.3, -0.25) is 0 Å². The number of amidine groups is 1. The van der Waals surface area contributed by atoms with E-state index in [-0.39, 0.29) is 6.17 Å². The molecule has 1 aliphatic rings. The number of aliphatic imine (C=N–C) groups is 1. The van der Waals surface area contributed by atoms with Crippen molar-refractivity contribution in [3.05, 3.63) is 35.9 Å². The highest BCUT2D eigenvalue weighted by Crippen LogP contribution is 2.03. The van der Waals surface area contributed by atoms with Crippen molar-refractivity contribution in [2.45, 2.75) is 13.1 Å². The molecule has 0 saturated heterocycles. The number of nitrogens with zero attached hydrogens (tertiary/aromatic N) is 1. The second-order valence-electron chi connectivity index (χ2n) is 2.79. The van der Waals surface area contributed by atoms with Gasteiger partial charge in [-0.05, 0) is 6.92 Å². The molecular weight excluding hydrogens is 150 g/mol. The number of hydrazine groups is 1. The Morgan fingerprint density at radius 1 is 1.25 bits per heavy atom. The van der Waals surface area contributed by atoms with Crippen molar-refractivity contribution in [2.24, 2.45) is 4.99 Å². The smallest absolute Gasteiger partial charge is 0.144 e. The Morgan fingerprint density at radius 2 is 2.00 bits per heavy atom. The first kappa shape index (κ1) is 7.31. The summed E-state index contributed by atoms with van der Waals surface area (Å²) in [6.45, 7) is 2.00. The van der Waals surface area contributed by atoms with E-state index >= 15 is 0 Å². The standard InChI is InChI=1S/C9H11N3/c1-7-10-9(12-11-7)8-5-3-2-4-6-8/h2-7,11H,1H3,(H,10,12). The SMILES string of the molecule is CC1N=C(c2ccccc2)NN1. The van der Waals surface area contributed by atoms with Crippen molar-refractivity contribution in [1.29, 1.82) is 0 Å².